The predicted octanol–water partition coefficient (Wildman–Crippen LogP) is 3.22. The number of benzene rings is 2. The highest BCUT2D eigenvalue weighted by molar-refractivity contribution is 5.68. The summed E-state index contributed by atoms with van der Waals surface area (Å²) in [5.41, 5.74) is 1.07. The first-order chi connectivity index (χ1) is 11.6. The van der Waals surface area contributed by atoms with Crippen LogP contribution in [-0.4, -0.2) is 43.2 Å². The van der Waals surface area contributed by atoms with E-state index in [1.54, 1.807) is 19.1 Å². The number of nitrogens with zero attached hydrogens (tertiary/aromatic N) is 1. The van der Waals surface area contributed by atoms with E-state index < -0.39 is 5.97 Å². The van der Waals surface area contributed by atoms with Crippen LogP contribution >= 0.6 is 0 Å². The molecule has 0 amide bonds. The number of methoxy groups -OCH3 is 1. The van der Waals surface area contributed by atoms with E-state index in [1.807, 2.05) is 54.6 Å². The molecule has 0 bridgehead atoms. The van der Waals surface area contributed by atoms with Crippen LogP contribution in [0.1, 0.15) is 18.1 Å². The van der Waals surface area contributed by atoms with Crippen molar-refractivity contribution in [3.05, 3.63) is 60.2 Å². The van der Waals surface area contributed by atoms with Gasteiger partial charge in [0.05, 0.1) is 13.7 Å². The van der Waals surface area contributed by atoms with Crippen molar-refractivity contribution in [2.75, 3.05) is 27.2 Å². The predicted molar refractivity (Wildman–Crippen MR) is 92.6 cm³/mol. The molecule has 24 heavy (non-hydrogen) atoms. The van der Waals surface area contributed by atoms with Crippen LogP contribution < -0.4 is 9.47 Å². The minimum absolute atomic E-state index is 0.0179. The SMILES string of the molecule is COc1ccc(O[C@@H](CCN(C)CC(=O)O)c2ccccc2)cc1. The molecule has 0 spiro atoms. The fourth-order valence-corrected chi connectivity index (χ4v) is 2.43. The maximum absolute atomic E-state index is 10.8. The zero-order valence-electron chi connectivity index (χ0n) is 14.0. The second-order valence-electron chi connectivity index (χ2n) is 5.61. The van der Waals surface area contributed by atoms with Gasteiger partial charge in [-0.2, -0.15) is 0 Å². The number of carbonyl (C=O) groups is 1. The van der Waals surface area contributed by atoms with Gasteiger partial charge in [0.15, 0.2) is 0 Å². The van der Waals surface area contributed by atoms with E-state index in [9.17, 15) is 4.79 Å². The Morgan fingerprint density at radius 3 is 2.29 bits per heavy atom. The Bertz CT molecular complexity index is 628. The maximum atomic E-state index is 10.8. The minimum Gasteiger partial charge on any atom is -0.497 e. The normalized spacial score (nSPS) is 12.0. The summed E-state index contributed by atoms with van der Waals surface area (Å²) in [7, 11) is 3.42. The van der Waals surface area contributed by atoms with Crippen LogP contribution in [-0.2, 0) is 4.79 Å². The molecule has 0 fully saturated rings. The van der Waals surface area contributed by atoms with Crippen LogP contribution in [0.2, 0.25) is 0 Å². The molecule has 0 aliphatic carbocycles. The monoisotopic (exact) mass is 329 g/mol. The van der Waals surface area contributed by atoms with Crippen molar-refractivity contribution in [2.24, 2.45) is 0 Å². The number of rotatable bonds is 9. The number of hydrogen-bond acceptors (Lipinski definition) is 4. The average Bonchev–Trinajstić information content (AvgIpc) is 2.59. The van der Waals surface area contributed by atoms with Gasteiger partial charge in [0.25, 0.3) is 0 Å². The molecule has 0 saturated carbocycles. The summed E-state index contributed by atoms with van der Waals surface area (Å²) in [6.07, 6.45) is 0.552. The lowest BCUT2D eigenvalue weighted by atomic mass is 10.1. The quantitative estimate of drug-likeness (QED) is 0.765. The van der Waals surface area contributed by atoms with Crippen molar-refractivity contribution >= 4 is 5.97 Å². The fourth-order valence-electron chi connectivity index (χ4n) is 2.43. The van der Waals surface area contributed by atoms with Crippen LogP contribution in [0.5, 0.6) is 11.5 Å². The summed E-state index contributed by atoms with van der Waals surface area (Å²) in [4.78, 5) is 12.6. The highest BCUT2D eigenvalue weighted by Crippen LogP contribution is 2.26. The second-order valence-corrected chi connectivity index (χ2v) is 5.61. The van der Waals surface area contributed by atoms with Gasteiger partial charge in [-0.15, -0.1) is 0 Å². The van der Waals surface area contributed by atoms with Crippen molar-refractivity contribution < 1.29 is 19.4 Å². The van der Waals surface area contributed by atoms with E-state index in [-0.39, 0.29) is 12.6 Å². The van der Waals surface area contributed by atoms with Crippen molar-refractivity contribution in [3.63, 3.8) is 0 Å². The summed E-state index contributed by atoms with van der Waals surface area (Å²) in [5, 5.41) is 8.87. The molecule has 0 aliphatic heterocycles. The zero-order chi connectivity index (χ0) is 17.4. The van der Waals surface area contributed by atoms with Gasteiger partial charge < -0.3 is 14.6 Å². The fraction of sp³-hybridized carbons (Fsp3) is 0.316. The molecule has 0 unspecified atom stereocenters. The molecule has 0 radical (unpaired) electrons. The molecule has 0 aliphatic rings. The van der Waals surface area contributed by atoms with Crippen molar-refractivity contribution in [1.82, 2.24) is 4.90 Å². The molecular formula is C19H23NO4. The maximum Gasteiger partial charge on any atom is 0.317 e. The zero-order valence-corrected chi connectivity index (χ0v) is 14.0. The van der Waals surface area contributed by atoms with Gasteiger partial charge in [-0.25, -0.2) is 0 Å². The molecule has 0 aromatic heterocycles. The molecule has 128 valence electrons. The van der Waals surface area contributed by atoms with Crippen LogP contribution in [0.4, 0.5) is 0 Å². The third-order valence-corrected chi connectivity index (χ3v) is 3.69. The molecule has 2 rings (SSSR count). The molecule has 0 saturated heterocycles. The number of likely N-dealkylation sites (N-methyl/N-ethyl adjacent to an activating group) is 1. The number of carboxylic acids is 1. The molecule has 1 N–H and O–H groups in total. The van der Waals surface area contributed by atoms with Gasteiger partial charge in [-0.3, -0.25) is 9.69 Å². The highest BCUT2D eigenvalue weighted by atomic mass is 16.5. The average molecular weight is 329 g/mol. The summed E-state index contributed by atoms with van der Waals surface area (Å²) in [5.74, 6) is 0.704. The van der Waals surface area contributed by atoms with Crippen molar-refractivity contribution in [1.29, 1.82) is 0 Å². The Hall–Kier alpha value is -2.53. The van der Waals surface area contributed by atoms with E-state index in [0.717, 1.165) is 17.1 Å². The lowest BCUT2D eigenvalue weighted by Gasteiger charge is -2.22. The molecule has 1 atom stereocenters. The van der Waals surface area contributed by atoms with E-state index in [1.165, 1.54) is 0 Å². The Balaban J connectivity index is 2.06. The van der Waals surface area contributed by atoms with E-state index in [2.05, 4.69) is 0 Å². The highest BCUT2D eigenvalue weighted by Gasteiger charge is 2.15. The molecule has 2 aromatic carbocycles. The van der Waals surface area contributed by atoms with Gasteiger partial charge in [0, 0.05) is 13.0 Å². The summed E-state index contributed by atoms with van der Waals surface area (Å²) in [6.45, 7) is 0.645. The van der Waals surface area contributed by atoms with Gasteiger partial charge in [-0.05, 0) is 36.9 Å². The first-order valence-electron chi connectivity index (χ1n) is 7.84. The Morgan fingerprint density at radius 2 is 1.71 bits per heavy atom. The van der Waals surface area contributed by atoms with E-state index >= 15 is 0 Å². The number of carboxylic acid groups (broad SMARTS) is 1. The van der Waals surface area contributed by atoms with Gasteiger partial charge in [0.1, 0.15) is 17.6 Å². The Kier molecular flexibility index (Phi) is 6.63. The molecule has 5 nitrogen and oxygen atoms in total. The van der Waals surface area contributed by atoms with E-state index in [4.69, 9.17) is 14.6 Å². The standard InChI is InChI=1S/C19H23NO4/c1-20(14-19(21)22)13-12-18(15-6-4-3-5-7-15)24-17-10-8-16(23-2)9-11-17/h3-11,18H,12-14H2,1-2H3,(H,21,22)/t18-/m0/s1. The number of ether oxygens (including phenoxy) is 2. The van der Waals surface area contributed by atoms with Crippen LogP contribution in [0.3, 0.4) is 0 Å². The van der Waals surface area contributed by atoms with Gasteiger partial charge in [-0.1, -0.05) is 30.3 Å². The van der Waals surface area contributed by atoms with Crippen molar-refractivity contribution in [2.45, 2.75) is 12.5 Å². The number of aliphatic carboxylic acids is 1. The lowest BCUT2D eigenvalue weighted by molar-refractivity contribution is -0.138. The Labute approximate surface area is 142 Å². The van der Waals surface area contributed by atoms with Crippen LogP contribution in [0, 0.1) is 0 Å². The summed E-state index contributed by atoms with van der Waals surface area (Å²) < 4.78 is 11.3. The first-order valence-corrected chi connectivity index (χ1v) is 7.84. The van der Waals surface area contributed by atoms with Gasteiger partial charge >= 0.3 is 5.97 Å². The first kappa shape index (κ1) is 17.8. The Morgan fingerprint density at radius 1 is 1.08 bits per heavy atom. The summed E-state index contributed by atoms with van der Waals surface area (Å²) in [6, 6.07) is 17.4. The number of hydrogen-bond donors (Lipinski definition) is 1. The topological polar surface area (TPSA) is 59.0 Å². The second kappa shape index (κ2) is 8.93. The molecule has 2 aromatic rings. The lowest BCUT2D eigenvalue weighted by Crippen LogP contribution is -2.28. The molecule has 0 heterocycles. The van der Waals surface area contributed by atoms with E-state index in [0.29, 0.717) is 13.0 Å². The largest absolute Gasteiger partial charge is 0.497 e. The third-order valence-electron chi connectivity index (χ3n) is 3.69. The minimum atomic E-state index is -0.829. The summed E-state index contributed by atoms with van der Waals surface area (Å²) >= 11 is 0. The third kappa shape index (κ3) is 5.59. The molecular weight excluding hydrogens is 306 g/mol. The van der Waals surface area contributed by atoms with Crippen LogP contribution in [0.15, 0.2) is 54.6 Å². The van der Waals surface area contributed by atoms with Crippen molar-refractivity contribution in [3.8, 4) is 11.5 Å². The van der Waals surface area contributed by atoms with Gasteiger partial charge in [0.2, 0.25) is 0 Å². The van der Waals surface area contributed by atoms with Crippen LogP contribution in [0.25, 0.3) is 0 Å². The smallest absolute Gasteiger partial charge is 0.317 e. The molecule has 5 heteroatoms.